The Labute approximate surface area is 485 Å². The lowest BCUT2D eigenvalue weighted by Gasteiger charge is -2.45. The van der Waals surface area contributed by atoms with Gasteiger partial charge < -0.3 is 23.7 Å². The number of aromatic amines is 2. The molecule has 20 nitrogen and oxygen atoms in total. The fraction of sp³-hybridized carbons (Fsp3) is 0.550. The zero-order valence-corrected chi connectivity index (χ0v) is 48.8. The number of fused-ring (bicyclic) bond motifs is 2. The maximum absolute atomic E-state index is 13.0. The van der Waals surface area contributed by atoms with Crippen LogP contribution >= 0.6 is 23.2 Å². The third-order valence-electron chi connectivity index (χ3n) is 17.8. The van der Waals surface area contributed by atoms with Crippen LogP contribution in [0.25, 0.3) is 67.6 Å². The second kappa shape index (κ2) is 23.8. The van der Waals surface area contributed by atoms with Crippen molar-refractivity contribution in [1.29, 1.82) is 0 Å². The van der Waals surface area contributed by atoms with Crippen LogP contribution in [0.15, 0.2) is 67.7 Å². The van der Waals surface area contributed by atoms with Crippen LogP contribution in [0.4, 0.5) is 5.95 Å². The van der Waals surface area contributed by atoms with Crippen molar-refractivity contribution in [3.8, 4) is 45.6 Å². The Morgan fingerprint density at radius 1 is 0.646 bits per heavy atom. The first kappa shape index (κ1) is 55.7. The highest BCUT2D eigenvalue weighted by molar-refractivity contribution is 6.31. The summed E-state index contributed by atoms with van der Waals surface area (Å²) in [7, 11) is 0. The lowest BCUT2D eigenvalue weighted by atomic mass is 9.83. The molecule has 0 bridgehead atoms. The number of H-pyrrole nitrogens is 2. The fourth-order valence-electron chi connectivity index (χ4n) is 13.4. The first-order chi connectivity index (χ1) is 39.7. The first-order valence-corrected chi connectivity index (χ1v) is 30.4. The maximum atomic E-state index is 13.0. The molecule has 2 N–H and O–H groups in total. The van der Waals surface area contributed by atoms with Crippen molar-refractivity contribution in [2.75, 3.05) is 24.6 Å². The van der Waals surface area contributed by atoms with Crippen LogP contribution in [0.5, 0.6) is 0 Å². The average molecular weight is 1160 g/mol. The molecule has 4 aliphatic carbocycles. The molecule has 8 aromatic rings. The number of ether oxygens (including phenoxy) is 1. The number of nitrogens with zero attached hydrogens (tertiary/aromatic N) is 12. The van der Waals surface area contributed by atoms with Crippen LogP contribution in [0.2, 0.25) is 10.0 Å². The molecule has 1 saturated heterocycles. The van der Waals surface area contributed by atoms with E-state index in [1.165, 1.54) is 51.4 Å². The lowest BCUT2D eigenvalue weighted by molar-refractivity contribution is -0.133. The van der Waals surface area contributed by atoms with Gasteiger partial charge in [-0.25, -0.2) is 29.5 Å². The van der Waals surface area contributed by atoms with E-state index < -0.39 is 11.5 Å². The van der Waals surface area contributed by atoms with Crippen molar-refractivity contribution in [1.82, 2.24) is 64.2 Å². The second-order valence-electron chi connectivity index (χ2n) is 24.0. The number of carbonyl (C=O) groups is 1. The summed E-state index contributed by atoms with van der Waals surface area (Å²) >= 11 is 12.8. The van der Waals surface area contributed by atoms with Gasteiger partial charge in [-0.15, -0.1) is 0 Å². The molecule has 432 valence electrons. The third-order valence-corrected chi connectivity index (χ3v) is 18.2. The van der Waals surface area contributed by atoms with Crippen LogP contribution in [0, 0.1) is 35.5 Å². The molecule has 3 atom stereocenters. The number of amides is 1. The summed E-state index contributed by atoms with van der Waals surface area (Å²) in [5.74, 6) is 4.54. The van der Waals surface area contributed by atoms with Crippen molar-refractivity contribution in [2.24, 2.45) is 35.5 Å². The first-order valence-electron chi connectivity index (χ1n) is 29.6. The number of halogens is 2. The van der Waals surface area contributed by atoms with Gasteiger partial charge in [0.05, 0.1) is 43.5 Å². The summed E-state index contributed by atoms with van der Waals surface area (Å²) in [6.07, 6.45) is 23.0. The van der Waals surface area contributed by atoms with E-state index in [9.17, 15) is 14.4 Å². The molecular weight excluding hydrogens is 1080 g/mol. The minimum atomic E-state index is -0.651. The molecule has 5 fully saturated rings. The van der Waals surface area contributed by atoms with Gasteiger partial charge >= 0.3 is 11.5 Å². The van der Waals surface area contributed by atoms with Crippen molar-refractivity contribution in [3.63, 3.8) is 0 Å². The van der Waals surface area contributed by atoms with Gasteiger partial charge in [0.15, 0.2) is 0 Å². The molecule has 5 aliphatic rings. The van der Waals surface area contributed by atoms with Crippen molar-refractivity contribution >= 4 is 57.1 Å². The molecule has 0 radical (unpaired) electrons. The largest absolute Gasteiger partial charge is 0.439 e. The predicted molar refractivity (Wildman–Crippen MR) is 313 cm³/mol. The molecule has 9 heterocycles. The standard InChI is InChI=1S/C31H37ClN8O3.C29H35ClN6O3/c1-17-4-6-20(7-5-17)16-39-27-24(35-30(39)40-18(2)14-38(15-19(40)3)29(41)21-8-9-21)11-25(28-36-31(42)43-37-28)34-26(27)22-10-23(32)13-33-12-22;1-3-38-26(19-6-4-5-7-19)28-33-22-13-23(27-34-29(37)39-35-27)32-24(20-12-21(30)15-31-14-20)25(22)36(28)16-18-10-8-17(2)9-11-18/h10-13,17-21H,4-9,14-16H2,1-3H3,(H,36,37,42);12-15,17-19,26H,3-11,16H2,1-2H3,(H,34,35,37)/t17?,18-,19-,20?;/m1./s1. The topological polar surface area (TPSA) is 238 Å². The maximum Gasteiger partial charge on any atom is 0.439 e. The Kier molecular flexibility index (Phi) is 16.2. The van der Waals surface area contributed by atoms with E-state index in [0.717, 1.165) is 108 Å². The monoisotopic (exact) mass is 1150 g/mol. The van der Waals surface area contributed by atoms with Gasteiger partial charge in [-0.3, -0.25) is 33.8 Å². The summed E-state index contributed by atoms with van der Waals surface area (Å²) in [5, 5.41) is 8.82. The fourth-order valence-corrected chi connectivity index (χ4v) is 13.7. The van der Waals surface area contributed by atoms with Crippen LogP contribution in [0.1, 0.15) is 136 Å². The highest BCUT2D eigenvalue weighted by Gasteiger charge is 2.41. The summed E-state index contributed by atoms with van der Waals surface area (Å²) in [4.78, 5) is 75.5. The van der Waals surface area contributed by atoms with Gasteiger partial charge in [-0.05, 0) is 126 Å². The number of imidazole rings is 2. The van der Waals surface area contributed by atoms with E-state index in [1.807, 2.05) is 29.2 Å². The van der Waals surface area contributed by atoms with Gasteiger partial charge in [-0.1, -0.05) is 85.9 Å². The number of hydrogen-bond acceptors (Lipinski definition) is 15. The zero-order valence-electron chi connectivity index (χ0n) is 47.3. The molecule has 4 saturated carbocycles. The number of aromatic nitrogens is 12. The molecular formula is C60H72Cl2N14O6. The van der Waals surface area contributed by atoms with Crippen molar-refractivity contribution in [2.45, 2.75) is 156 Å². The van der Waals surface area contributed by atoms with E-state index in [1.54, 1.807) is 24.8 Å². The third kappa shape index (κ3) is 11.8. The van der Waals surface area contributed by atoms with E-state index in [4.69, 9.17) is 56.9 Å². The molecule has 1 amide bonds. The minimum Gasteiger partial charge on any atom is -0.370 e. The number of hydrogen-bond donors (Lipinski definition) is 2. The Balaban J connectivity index is 0.000000163. The zero-order chi connectivity index (χ0) is 56.8. The summed E-state index contributed by atoms with van der Waals surface area (Å²) in [6, 6.07) is 7.59. The number of rotatable bonds is 14. The van der Waals surface area contributed by atoms with E-state index >= 15 is 0 Å². The number of anilines is 1. The highest BCUT2D eigenvalue weighted by atomic mass is 35.5. The van der Waals surface area contributed by atoms with Crippen molar-refractivity contribution in [3.05, 3.63) is 86.0 Å². The quantitative estimate of drug-likeness (QED) is 0.103. The molecule has 1 unspecified atom stereocenters. The number of carbonyl (C=O) groups excluding carboxylic acids is 1. The molecule has 1 aliphatic heterocycles. The summed E-state index contributed by atoms with van der Waals surface area (Å²) in [5.41, 5.74) is 7.14. The van der Waals surface area contributed by atoms with E-state index in [0.29, 0.717) is 70.3 Å². The van der Waals surface area contributed by atoms with E-state index in [2.05, 4.69) is 78.9 Å². The second-order valence-corrected chi connectivity index (χ2v) is 24.9. The van der Waals surface area contributed by atoms with Gasteiger partial charge in [0, 0.05) is 86.7 Å². The van der Waals surface area contributed by atoms with Crippen LogP contribution in [-0.2, 0) is 22.6 Å². The SMILES string of the molecule is CC1CCC(Cn2c(N3[C@H](C)CN(C(=O)C4CC4)C[C@H]3C)nc3cc(-c4noc(=O)[nH]4)nc(-c4cncc(Cl)c4)c32)CC1.CCOC(c1nc2cc(-c3noc(=O)[nH]3)nc(-c3cncc(Cl)c3)c2n1CC1CCC(C)CC1)C1CCCC1. The number of piperazine rings is 1. The molecule has 13 rings (SSSR count). The Hall–Kier alpha value is -6.77. The van der Waals surface area contributed by atoms with Crippen LogP contribution in [0.3, 0.4) is 0 Å². The van der Waals surface area contributed by atoms with Crippen LogP contribution < -0.4 is 16.4 Å². The average Bonchev–Trinajstić information content (AvgIpc) is 3.09. The molecule has 82 heavy (non-hydrogen) atoms. The smallest absolute Gasteiger partial charge is 0.370 e. The van der Waals surface area contributed by atoms with Crippen LogP contribution in [-0.4, -0.2) is 102 Å². The highest BCUT2D eigenvalue weighted by Crippen LogP contribution is 2.44. The normalized spacial score (nSPS) is 22.9. The lowest BCUT2D eigenvalue weighted by Crippen LogP contribution is -2.59. The van der Waals surface area contributed by atoms with Gasteiger partial charge in [0.2, 0.25) is 23.5 Å². The summed E-state index contributed by atoms with van der Waals surface area (Å²) in [6.45, 7) is 14.7. The van der Waals surface area contributed by atoms with E-state index in [-0.39, 0.29) is 41.7 Å². The Morgan fingerprint density at radius 2 is 1.15 bits per heavy atom. The Morgan fingerprint density at radius 3 is 1.62 bits per heavy atom. The molecule has 0 spiro atoms. The molecule has 22 heteroatoms. The molecule has 8 aromatic heterocycles. The Bertz CT molecular complexity index is 3680. The summed E-state index contributed by atoms with van der Waals surface area (Å²) < 4.78 is 20.8. The van der Waals surface area contributed by atoms with Gasteiger partial charge in [0.1, 0.15) is 23.3 Å². The minimum absolute atomic E-state index is 0.0731. The molecule has 0 aromatic carbocycles. The number of nitrogens with one attached hydrogen (secondary N) is 2. The number of pyridine rings is 4. The van der Waals surface area contributed by atoms with Gasteiger partial charge in [0.25, 0.3) is 0 Å². The van der Waals surface area contributed by atoms with Gasteiger partial charge in [-0.2, -0.15) is 0 Å². The van der Waals surface area contributed by atoms with Crippen molar-refractivity contribution < 1.29 is 18.6 Å². The predicted octanol–water partition coefficient (Wildman–Crippen LogP) is 11.7.